The van der Waals surface area contributed by atoms with E-state index in [1.54, 1.807) is 7.11 Å². The SMILES string of the molecule is COCCN1CCCN(C(=O)CC/C=C/c2ccccc2)CC1. The van der Waals surface area contributed by atoms with Crippen LogP contribution >= 0.6 is 0 Å². The summed E-state index contributed by atoms with van der Waals surface area (Å²) in [6, 6.07) is 10.2. The highest BCUT2D eigenvalue weighted by Crippen LogP contribution is 2.08. The lowest BCUT2D eigenvalue weighted by Crippen LogP contribution is -2.35. The number of hydrogen-bond donors (Lipinski definition) is 0. The molecule has 1 fully saturated rings. The van der Waals surface area contributed by atoms with Crippen molar-refractivity contribution in [3.8, 4) is 0 Å². The highest BCUT2D eigenvalue weighted by Gasteiger charge is 2.18. The number of allylic oxidation sites excluding steroid dienone is 1. The number of benzene rings is 1. The van der Waals surface area contributed by atoms with Gasteiger partial charge in [0.05, 0.1) is 6.61 Å². The van der Waals surface area contributed by atoms with E-state index in [-0.39, 0.29) is 5.91 Å². The monoisotopic (exact) mass is 316 g/mol. The third-order valence-corrected chi connectivity index (χ3v) is 4.19. The lowest BCUT2D eigenvalue weighted by molar-refractivity contribution is -0.131. The number of rotatable bonds is 7. The molecule has 0 radical (unpaired) electrons. The summed E-state index contributed by atoms with van der Waals surface area (Å²) in [5.41, 5.74) is 1.18. The summed E-state index contributed by atoms with van der Waals surface area (Å²) in [4.78, 5) is 16.7. The smallest absolute Gasteiger partial charge is 0.222 e. The summed E-state index contributed by atoms with van der Waals surface area (Å²) in [7, 11) is 1.73. The molecule has 0 N–H and O–H groups in total. The van der Waals surface area contributed by atoms with E-state index in [1.165, 1.54) is 5.56 Å². The van der Waals surface area contributed by atoms with Gasteiger partial charge in [0.25, 0.3) is 0 Å². The van der Waals surface area contributed by atoms with Crippen LogP contribution in [-0.4, -0.2) is 62.1 Å². The maximum Gasteiger partial charge on any atom is 0.222 e. The Morgan fingerprint density at radius 2 is 2.00 bits per heavy atom. The molecule has 1 heterocycles. The number of carbonyl (C=O) groups excluding carboxylic acids is 1. The second kappa shape index (κ2) is 10.2. The molecule has 1 aromatic carbocycles. The third kappa shape index (κ3) is 6.55. The van der Waals surface area contributed by atoms with Crippen LogP contribution in [0.3, 0.4) is 0 Å². The van der Waals surface area contributed by atoms with Gasteiger partial charge in [-0.05, 0) is 24.9 Å². The van der Waals surface area contributed by atoms with Gasteiger partial charge in [0.15, 0.2) is 0 Å². The third-order valence-electron chi connectivity index (χ3n) is 4.19. The molecule has 0 spiro atoms. The first-order valence-electron chi connectivity index (χ1n) is 8.50. The fraction of sp³-hybridized carbons (Fsp3) is 0.526. The van der Waals surface area contributed by atoms with Crippen molar-refractivity contribution in [2.45, 2.75) is 19.3 Å². The number of hydrogen-bond acceptors (Lipinski definition) is 3. The summed E-state index contributed by atoms with van der Waals surface area (Å²) in [6.07, 6.45) is 6.63. The fourth-order valence-corrected chi connectivity index (χ4v) is 2.81. The lowest BCUT2D eigenvalue weighted by Gasteiger charge is -2.21. The molecule has 1 aliphatic rings. The first-order valence-corrected chi connectivity index (χ1v) is 8.50. The van der Waals surface area contributed by atoms with Gasteiger partial charge < -0.3 is 9.64 Å². The van der Waals surface area contributed by atoms with Crippen molar-refractivity contribution in [1.29, 1.82) is 0 Å². The Bertz CT molecular complexity index is 487. The summed E-state index contributed by atoms with van der Waals surface area (Å²) in [5.74, 6) is 0.274. The summed E-state index contributed by atoms with van der Waals surface area (Å²) >= 11 is 0. The van der Waals surface area contributed by atoms with Gasteiger partial charge in [-0.3, -0.25) is 9.69 Å². The Morgan fingerprint density at radius 1 is 1.17 bits per heavy atom. The van der Waals surface area contributed by atoms with Crippen LogP contribution in [0.5, 0.6) is 0 Å². The average molecular weight is 316 g/mol. The quantitative estimate of drug-likeness (QED) is 0.775. The van der Waals surface area contributed by atoms with E-state index < -0.39 is 0 Å². The van der Waals surface area contributed by atoms with E-state index in [4.69, 9.17) is 4.74 Å². The Labute approximate surface area is 139 Å². The van der Waals surface area contributed by atoms with Crippen molar-refractivity contribution in [3.05, 3.63) is 42.0 Å². The summed E-state index contributed by atoms with van der Waals surface area (Å²) in [5, 5.41) is 0. The minimum Gasteiger partial charge on any atom is -0.383 e. The molecule has 0 bridgehead atoms. The molecular formula is C19H28N2O2. The van der Waals surface area contributed by atoms with Crippen LogP contribution in [0.15, 0.2) is 36.4 Å². The van der Waals surface area contributed by atoms with Crippen molar-refractivity contribution in [1.82, 2.24) is 9.80 Å². The highest BCUT2D eigenvalue weighted by molar-refractivity contribution is 5.76. The Kier molecular flexibility index (Phi) is 7.84. The standard InChI is InChI=1S/C19H28N2O2/c1-23-17-16-20-12-7-13-21(15-14-20)19(22)11-6-5-10-18-8-3-2-4-9-18/h2-5,8-10H,6-7,11-17H2,1H3/b10-5+. The Morgan fingerprint density at radius 3 is 2.78 bits per heavy atom. The molecule has 0 aliphatic carbocycles. The molecule has 1 amide bonds. The van der Waals surface area contributed by atoms with Crippen molar-refractivity contribution in [3.63, 3.8) is 0 Å². The molecule has 0 atom stereocenters. The number of amides is 1. The maximum atomic E-state index is 12.3. The maximum absolute atomic E-state index is 12.3. The van der Waals surface area contributed by atoms with Crippen molar-refractivity contribution < 1.29 is 9.53 Å². The summed E-state index contributed by atoms with van der Waals surface area (Å²) < 4.78 is 5.13. The van der Waals surface area contributed by atoms with E-state index in [0.717, 1.165) is 52.2 Å². The van der Waals surface area contributed by atoms with Gasteiger partial charge in [-0.15, -0.1) is 0 Å². The second-order valence-corrected chi connectivity index (χ2v) is 5.92. The van der Waals surface area contributed by atoms with Crippen molar-refractivity contribution in [2.24, 2.45) is 0 Å². The first kappa shape index (κ1) is 17.7. The van der Waals surface area contributed by atoms with Gasteiger partial charge in [0.2, 0.25) is 5.91 Å². The predicted molar refractivity (Wildman–Crippen MR) is 94.2 cm³/mol. The van der Waals surface area contributed by atoms with E-state index in [2.05, 4.69) is 29.2 Å². The van der Waals surface area contributed by atoms with E-state index in [0.29, 0.717) is 6.42 Å². The van der Waals surface area contributed by atoms with Crippen LogP contribution in [0.1, 0.15) is 24.8 Å². The molecular weight excluding hydrogens is 288 g/mol. The Hall–Kier alpha value is -1.65. The van der Waals surface area contributed by atoms with Crippen molar-refractivity contribution in [2.75, 3.05) is 46.4 Å². The topological polar surface area (TPSA) is 32.8 Å². The van der Waals surface area contributed by atoms with Crippen molar-refractivity contribution >= 4 is 12.0 Å². The molecule has 4 nitrogen and oxygen atoms in total. The van der Waals surface area contributed by atoms with Crippen LogP contribution in [0.4, 0.5) is 0 Å². The number of nitrogens with zero attached hydrogens (tertiary/aromatic N) is 2. The lowest BCUT2D eigenvalue weighted by atomic mass is 10.2. The van der Waals surface area contributed by atoms with Crippen LogP contribution in [0, 0.1) is 0 Å². The van der Waals surface area contributed by atoms with E-state index >= 15 is 0 Å². The zero-order valence-electron chi connectivity index (χ0n) is 14.1. The number of carbonyl (C=O) groups is 1. The van der Waals surface area contributed by atoms with Crippen LogP contribution in [0.2, 0.25) is 0 Å². The number of ether oxygens (including phenoxy) is 1. The molecule has 0 unspecified atom stereocenters. The predicted octanol–water partition coefficient (Wildman–Crippen LogP) is 2.66. The fourth-order valence-electron chi connectivity index (χ4n) is 2.81. The van der Waals surface area contributed by atoms with Gasteiger partial charge in [-0.1, -0.05) is 42.5 Å². The molecule has 0 saturated carbocycles. The Balaban J connectivity index is 1.70. The van der Waals surface area contributed by atoms with Gasteiger partial charge in [0, 0.05) is 39.7 Å². The zero-order valence-corrected chi connectivity index (χ0v) is 14.1. The largest absolute Gasteiger partial charge is 0.383 e. The zero-order chi connectivity index (χ0) is 16.3. The minimum absolute atomic E-state index is 0.274. The average Bonchev–Trinajstić information content (AvgIpc) is 2.83. The van der Waals surface area contributed by atoms with Crippen LogP contribution in [-0.2, 0) is 9.53 Å². The summed E-state index contributed by atoms with van der Waals surface area (Å²) in [6.45, 7) is 5.45. The van der Waals surface area contributed by atoms with Gasteiger partial charge in [-0.2, -0.15) is 0 Å². The van der Waals surface area contributed by atoms with Crippen LogP contribution < -0.4 is 0 Å². The van der Waals surface area contributed by atoms with E-state index in [1.807, 2.05) is 23.1 Å². The molecule has 1 aromatic rings. The second-order valence-electron chi connectivity index (χ2n) is 5.92. The number of methoxy groups -OCH3 is 1. The minimum atomic E-state index is 0.274. The van der Waals surface area contributed by atoms with E-state index in [9.17, 15) is 4.79 Å². The molecule has 0 aromatic heterocycles. The normalized spacial score (nSPS) is 16.7. The molecule has 1 saturated heterocycles. The first-order chi connectivity index (χ1) is 11.3. The van der Waals surface area contributed by atoms with Gasteiger partial charge in [0.1, 0.15) is 0 Å². The molecule has 2 rings (SSSR count). The molecule has 4 heteroatoms. The molecule has 1 aliphatic heterocycles. The van der Waals surface area contributed by atoms with Gasteiger partial charge in [-0.25, -0.2) is 0 Å². The highest BCUT2D eigenvalue weighted by atomic mass is 16.5. The molecule has 23 heavy (non-hydrogen) atoms. The van der Waals surface area contributed by atoms with Gasteiger partial charge >= 0.3 is 0 Å². The molecule has 126 valence electrons. The van der Waals surface area contributed by atoms with Crippen LogP contribution in [0.25, 0.3) is 6.08 Å².